The molecule has 0 saturated carbocycles. The number of methoxy groups -OCH3 is 1. The maximum atomic E-state index is 11.9. The molecule has 0 bridgehead atoms. The van der Waals surface area contributed by atoms with Gasteiger partial charge in [0.25, 0.3) is 0 Å². The molecule has 4 heteroatoms. The second-order valence-electron chi connectivity index (χ2n) is 5.06. The van der Waals surface area contributed by atoms with E-state index >= 15 is 0 Å². The lowest BCUT2D eigenvalue weighted by molar-refractivity contribution is -0.131. The lowest BCUT2D eigenvalue weighted by atomic mass is 9.78. The number of hydrogen-bond donors (Lipinski definition) is 1. The summed E-state index contributed by atoms with van der Waals surface area (Å²) >= 11 is 0. The summed E-state index contributed by atoms with van der Waals surface area (Å²) in [6.45, 7) is 4.68. The van der Waals surface area contributed by atoms with Crippen molar-refractivity contribution in [3.63, 3.8) is 0 Å². The smallest absolute Gasteiger partial charge is 0.224 e. The zero-order valence-corrected chi connectivity index (χ0v) is 10.1. The van der Waals surface area contributed by atoms with Crippen molar-refractivity contribution in [1.82, 2.24) is 10.2 Å². The number of carbonyl (C=O) groups excluding carboxylic acids is 1. The van der Waals surface area contributed by atoms with Crippen LogP contribution < -0.4 is 5.32 Å². The Morgan fingerprint density at radius 1 is 1.38 bits per heavy atom. The minimum absolute atomic E-state index is 0.261. The Bertz CT molecular complexity index is 249. The van der Waals surface area contributed by atoms with Gasteiger partial charge in [-0.3, -0.25) is 4.79 Å². The summed E-state index contributed by atoms with van der Waals surface area (Å²) in [6.07, 6.45) is 4.17. The lowest BCUT2D eigenvalue weighted by Gasteiger charge is -2.33. The molecule has 0 aromatic heterocycles. The van der Waals surface area contributed by atoms with Crippen LogP contribution in [0.25, 0.3) is 0 Å². The fourth-order valence-electron chi connectivity index (χ4n) is 2.86. The van der Waals surface area contributed by atoms with Crippen LogP contribution in [-0.4, -0.2) is 50.7 Å². The molecule has 1 spiro atoms. The summed E-state index contributed by atoms with van der Waals surface area (Å²) in [5.41, 5.74) is 0.425. The Balaban J connectivity index is 1.84. The number of rotatable bonds is 3. The molecule has 0 aliphatic carbocycles. The molecule has 1 amide bonds. The van der Waals surface area contributed by atoms with E-state index in [2.05, 4.69) is 5.32 Å². The van der Waals surface area contributed by atoms with Crippen LogP contribution in [0.1, 0.15) is 25.7 Å². The van der Waals surface area contributed by atoms with Gasteiger partial charge in [-0.1, -0.05) is 0 Å². The summed E-state index contributed by atoms with van der Waals surface area (Å²) in [4.78, 5) is 13.9. The van der Waals surface area contributed by atoms with E-state index in [1.165, 1.54) is 19.3 Å². The highest BCUT2D eigenvalue weighted by molar-refractivity contribution is 5.76. The summed E-state index contributed by atoms with van der Waals surface area (Å²) in [6, 6.07) is 0. The van der Waals surface area contributed by atoms with Crippen molar-refractivity contribution in [3.8, 4) is 0 Å². The molecule has 92 valence electrons. The maximum absolute atomic E-state index is 11.9. The predicted molar refractivity (Wildman–Crippen MR) is 62.2 cm³/mol. The molecule has 2 heterocycles. The number of ether oxygens (including phenoxy) is 1. The zero-order valence-electron chi connectivity index (χ0n) is 10.1. The largest absolute Gasteiger partial charge is 0.384 e. The van der Waals surface area contributed by atoms with Crippen LogP contribution in [0.2, 0.25) is 0 Å². The van der Waals surface area contributed by atoms with Crippen molar-refractivity contribution >= 4 is 5.91 Å². The summed E-state index contributed by atoms with van der Waals surface area (Å²) < 4.78 is 4.95. The number of amides is 1. The average molecular weight is 226 g/mol. The van der Waals surface area contributed by atoms with Crippen molar-refractivity contribution in [2.24, 2.45) is 5.41 Å². The molecule has 1 N–H and O–H groups in total. The number of likely N-dealkylation sites (tertiary alicyclic amines) is 1. The van der Waals surface area contributed by atoms with Crippen molar-refractivity contribution in [1.29, 1.82) is 0 Å². The van der Waals surface area contributed by atoms with Gasteiger partial charge in [-0.2, -0.15) is 0 Å². The number of carbonyl (C=O) groups is 1. The first-order valence-corrected chi connectivity index (χ1v) is 6.23. The van der Waals surface area contributed by atoms with Crippen LogP contribution >= 0.6 is 0 Å². The SMILES string of the molecule is COCCC(=O)N1CCC2(CCNCC2)C1. The fraction of sp³-hybridized carbons (Fsp3) is 0.917. The van der Waals surface area contributed by atoms with E-state index in [0.717, 1.165) is 26.2 Å². The highest BCUT2D eigenvalue weighted by atomic mass is 16.5. The first-order valence-electron chi connectivity index (χ1n) is 6.23. The topological polar surface area (TPSA) is 41.6 Å². The molecule has 2 aliphatic heterocycles. The third kappa shape index (κ3) is 2.55. The Kier molecular flexibility index (Phi) is 3.82. The lowest BCUT2D eigenvalue weighted by Crippen LogP contribution is -2.39. The molecule has 0 aromatic rings. The average Bonchev–Trinajstić information content (AvgIpc) is 2.71. The summed E-state index contributed by atoms with van der Waals surface area (Å²) in [5.74, 6) is 0.261. The van der Waals surface area contributed by atoms with Gasteiger partial charge in [0, 0.05) is 20.2 Å². The molecule has 0 unspecified atom stereocenters. The van der Waals surface area contributed by atoms with Gasteiger partial charge in [0.15, 0.2) is 0 Å². The van der Waals surface area contributed by atoms with E-state index in [1.807, 2.05) is 4.90 Å². The summed E-state index contributed by atoms with van der Waals surface area (Å²) in [7, 11) is 1.64. The van der Waals surface area contributed by atoms with E-state index in [-0.39, 0.29) is 5.91 Å². The Morgan fingerprint density at radius 3 is 2.81 bits per heavy atom. The van der Waals surface area contributed by atoms with E-state index < -0.39 is 0 Å². The first-order chi connectivity index (χ1) is 7.76. The van der Waals surface area contributed by atoms with E-state index in [4.69, 9.17) is 4.74 Å². The standard InChI is InChI=1S/C12H22N2O2/c1-16-9-2-11(15)14-8-5-12(10-14)3-6-13-7-4-12/h13H,2-10H2,1H3. The minimum Gasteiger partial charge on any atom is -0.384 e. The highest BCUT2D eigenvalue weighted by Crippen LogP contribution is 2.38. The molecule has 2 saturated heterocycles. The van der Waals surface area contributed by atoms with E-state index in [0.29, 0.717) is 18.4 Å². The molecule has 2 fully saturated rings. The highest BCUT2D eigenvalue weighted by Gasteiger charge is 2.40. The number of hydrogen-bond acceptors (Lipinski definition) is 3. The van der Waals surface area contributed by atoms with Crippen LogP contribution in [0.15, 0.2) is 0 Å². The molecule has 0 radical (unpaired) electrons. The second-order valence-corrected chi connectivity index (χ2v) is 5.06. The number of piperidine rings is 1. The van der Waals surface area contributed by atoms with Gasteiger partial charge in [0.05, 0.1) is 13.0 Å². The van der Waals surface area contributed by atoms with Crippen molar-refractivity contribution in [2.75, 3.05) is 39.9 Å². The normalized spacial score (nSPS) is 23.9. The Hall–Kier alpha value is -0.610. The molecular weight excluding hydrogens is 204 g/mol. The minimum atomic E-state index is 0.261. The number of nitrogens with zero attached hydrogens (tertiary/aromatic N) is 1. The van der Waals surface area contributed by atoms with Crippen molar-refractivity contribution < 1.29 is 9.53 Å². The maximum Gasteiger partial charge on any atom is 0.224 e. The molecule has 4 nitrogen and oxygen atoms in total. The number of nitrogens with one attached hydrogen (secondary N) is 1. The van der Waals surface area contributed by atoms with Crippen LogP contribution in [0.4, 0.5) is 0 Å². The van der Waals surface area contributed by atoms with Gasteiger partial charge in [-0.05, 0) is 37.8 Å². The Labute approximate surface area is 97.3 Å². The molecule has 0 atom stereocenters. The van der Waals surface area contributed by atoms with Gasteiger partial charge in [0.2, 0.25) is 5.91 Å². The molecule has 16 heavy (non-hydrogen) atoms. The van der Waals surface area contributed by atoms with Gasteiger partial charge in [-0.15, -0.1) is 0 Å². The van der Waals surface area contributed by atoms with Crippen LogP contribution in [-0.2, 0) is 9.53 Å². The van der Waals surface area contributed by atoms with Gasteiger partial charge in [0.1, 0.15) is 0 Å². The third-order valence-electron chi connectivity index (χ3n) is 3.98. The third-order valence-corrected chi connectivity index (χ3v) is 3.98. The Morgan fingerprint density at radius 2 is 2.12 bits per heavy atom. The fourth-order valence-corrected chi connectivity index (χ4v) is 2.86. The summed E-state index contributed by atoms with van der Waals surface area (Å²) in [5, 5.41) is 3.39. The predicted octanol–water partition coefficient (Wildman–Crippen LogP) is 0.625. The van der Waals surface area contributed by atoms with Crippen LogP contribution in [0.3, 0.4) is 0 Å². The van der Waals surface area contributed by atoms with E-state index in [1.54, 1.807) is 7.11 Å². The molecular formula is C12H22N2O2. The van der Waals surface area contributed by atoms with Gasteiger partial charge in [-0.25, -0.2) is 0 Å². The second kappa shape index (κ2) is 5.15. The molecule has 2 aliphatic rings. The molecule has 0 aromatic carbocycles. The monoisotopic (exact) mass is 226 g/mol. The zero-order chi connectivity index (χ0) is 11.4. The van der Waals surface area contributed by atoms with E-state index in [9.17, 15) is 4.79 Å². The quantitative estimate of drug-likeness (QED) is 0.767. The van der Waals surface area contributed by atoms with Crippen LogP contribution in [0, 0.1) is 5.41 Å². The van der Waals surface area contributed by atoms with Crippen LogP contribution in [0.5, 0.6) is 0 Å². The van der Waals surface area contributed by atoms with Crippen molar-refractivity contribution in [3.05, 3.63) is 0 Å². The van der Waals surface area contributed by atoms with Gasteiger partial charge < -0.3 is 15.0 Å². The molecule has 2 rings (SSSR count). The van der Waals surface area contributed by atoms with Gasteiger partial charge >= 0.3 is 0 Å². The first kappa shape index (κ1) is 11.9. The van der Waals surface area contributed by atoms with Crippen molar-refractivity contribution in [2.45, 2.75) is 25.7 Å².